The molecule has 1 saturated heterocycles. The van der Waals surface area contributed by atoms with Crippen molar-refractivity contribution in [3.05, 3.63) is 24.3 Å². The number of carbonyl (C=O) groups excluding carboxylic acids is 2. The Morgan fingerprint density at radius 2 is 1.06 bits per heavy atom. The molecule has 10 nitrogen and oxygen atoms in total. The number of aliphatic hydroxyl groups excluding tert-OH is 4. The van der Waals surface area contributed by atoms with E-state index in [1.165, 1.54) is 57.8 Å². The molecule has 0 saturated carbocycles. The molecule has 1 fully saturated rings. The van der Waals surface area contributed by atoms with Gasteiger partial charge >= 0.3 is 11.9 Å². The minimum atomic E-state index is -1.59. The summed E-state index contributed by atoms with van der Waals surface area (Å²) in [6.07, 6.45) is 26.2. The van der Waals surface area contributed by atoms with Crippen LogP contribution in [0.1, 0.15) is 168 Å². The van der Waals surface area contributed by atoms with Crippen molar-refractivity contribution in [2.75, 3.05) is 19.8 Å². The van der Waals surface area contributed by atoms with Crippen LogP contribution in [-0.4, -0.2) is 89.0 Å². The molecule has 0 radical (unpaired) electrons. The summed E-state index contributed by atoms with van der Waals surface area (Å²) in [4.78, 5) is 25.2. The molecule has 0 aromatic carbocycles. The summed E-state index contributed by atoms with van der Waals surface area (Å²) in [6, 6.07) is 0. The van der Waals surface area contributed by atoms with Gasteiger partial charge in [-0.25, -0.2) is 0 Å². The Balaban J connectivity index is 2.38. The molecule has 51 heavy (non-hydrogen) atoms. The van der Waals surface area contributed by atoms with Gasteiger partial charge in [-0.1, -0.05) is 122 Å². The Morgan fingerprint density at radius 3 is 1.59 bits per heavy atom. The monoisotopic (exact) mass is 727 g/mol. The van der Waals surface area contributed by atoms with Crippen molar-refractivity contribution in [3.63, 3.8) is 0 Å². The molecule has 1 aliphatic heterocycles. The van der Waals surface area contributed by atoms with E-state index in [0.29, 0.717) is 12.8 Å². The lowest BCUT2D eigenvalue weighted by atomic mass is 9.99. The summed E-state index contributed by atoms with van der Waals surface area (Å²) in [5, 5.41) is 39.9. The molecule has 298 valence electrons. The lowest BCUT2D eigenvalue weighted by molar-refractivity contribution is -0.305. The van der Waals surface area contributed by atoms with Crippen molar-refractivity contribution >= 4 is 11.9 Å². The van der Waals surface area contributed by atoms with Crippen LogP contribution in [0.15, 0.2) is 24.3 Å². The second-order valence-electron chi connectivity index (χ2n) is 14.1. The van der Waals surface area contributed by atoms with E-state index in [1.54, 1.807) is 0 Å². The highest BCUT2D eigenvalue weighted by molar-refractivity contribution is 5.70. The highest BCUT2D eigenvalue weighted by atomic mass is 16.7. The van der Waals surface area contributed by atoms with Gasteiger partial charge in [0.15, 0.2) is 12.4 Å². The normalized spacial score (nSPS) is 21.4. The second-order valence-corrected chi connectivity index (χ2v) is 14.1. The summed E-state index contributed by atoms with van der Waals surface area (Å²) in [6.45, 7) is 3.35. The predicted octanol–water partition coefficient (Wildman–Crippen LogP) is 7.77. The third-order valence-corrected chi connectivity index (χ3v) is 9.31. The number of esters is 2. The molecule has 0 aromatic rings. The Morgan fingerprint density at radius 1 is 0.588 bits per heavy atom. The maximum Gasteiger partial charge on any atom is 0.306 e. The van der Waals surface area contributed by atoms with Gasteiger partial charge in [0.2, 0.25) is 0 Å². The molecule has 6 atom stereocenters. The number of carbonyl (C=O) groups is 2. The summed E-state index contributed by atoms with van der Waals surface area (Å²) in [5.74, 6) is -0.828. The summed E-state index contributed by atoms with van der Waals surface area (Å²) < 4.78 is 22.1. The Kier molecular flexibility index (Phi) is 30.4. The fourth-order valence-corrected chi connectivity index (χ4v) is 5.99. The summed E-state index contributed by atoms with van der Waals surface area (Å²) in [7, 11) is 0. The van der Waals surface area contributed by atoms with Crippen LogP contribution in [0.3, 0.4) is 0 Å². The van der Waals surface area contributed by atoms with Crippen LogP contribution in [0.2, 0.25) is 0 Å². The molecule has 2 unspecified atom stereocenters. The molecule has 0 aliphatic carbocycles. The van der Waals surface area contributed by atoms with Crippen LogP contribution in [-0.2, 0) is 28.5 Å². The Bertz CT molecular complexity index is 892. The average Bonchev–Trinajstić information content (AvgIpc) is 3.13. The predicted molar refractivity (Wildman–Crippen MR) is 201 cm³/mol. The topological polar surface area (TPSA) is 152 Å². The first kappa shape index (κ1) is 47.2. The smallest absolute Gasteiger partial charge is 0.306 e. The number of ether oxygens (including phenoxy) is 4. The molecule has 1 rings (SSSR count). The van der Waals surface area contributed by atoms with E-state index < -0.39 is 49.4 Å². The van der Waals surface area contributed by atoms with E-state index in [2.05, 4.69) is 38.2 Å². The molecule has 0 spiro atoms. The van der Waals surface area contributed by atoms with Gasteiger partial charge in [0, 0.05) is 12.8 Å². The van der Waals surface area contributed by atoms with E-state index in [4.69, 9.17) is 18.9 Å². The number of hydrogen-bond donors (Lipinski definition) is 4. The number of aliphatic hydroxyl groups is 4. The molecule has 0 amide bonds. The fraction of sp³-hybridized carbons (Fsp3) is 0.854. The maximum absolute atomic E-state index is 12.7. The number of rotatable bonds is 33. The zero-order valence-electron chi connectivity index (χ0n) is 32.1. The quantitative estimate of drug-likeness (QED) is 0.0300. The van der Waals surface area contributed by atoms with Crippen molar-refractivity contribution in [1.29, 1.82) is 0 Å². The molecule has 0 aromatic heterocycles. The van der Waals surface area contributed by atoms with Gasteiger partial charge < -0.3 is 39.4 Å². The van der Waals surface area contributed by atoms with E-state index in [1.807, 2.05) is 0 Å². The molecular formula is C41H74O10. The lowest BCUT2D eigenvalue weighted by Gasteiger charge is -2.39. The van der Waals surface area contributed by atoms with Crippen LogP contribution in [0.25, 0.3) is 0 Å². The van der Waals surface area contributed by atoms with Gasteiger partial charge in [0.05, 0.1) is 13.2 Å². The number of hydrogen-bond acceptors (Lipinski definition) is 10. The molecule has 1 aliphatic rings. The van der Waals surface area contributed by atoms with Gasteiger partial charge in [-0.05, 0) is 57.8 Å². The van der Waals surface area contributed by atoms with Crippen LogP contribution >= 0.6 is 0 Å². The minimum Gasteiger partial charge on any atom is -0.462 e. The zero-order chi connectivity index (χ0) is 37.4. The maximum atomic E-state index is 12.7. The molecular weight excluding hydrogens is 652 g/mol. The van der Waals surface area contributed by atoms with Crippen LogP contribution < -0.4 is 0 Å². The van der Waals surface area contributed by atoms with Crippen LogP contribution in [0, 0.1) is 0 Å². The van der Waals surface area contributed by atoms with E-state index >= 15 is 0 Å². The van der Waals surface area contributed by atoms with Gasteiger partial charge in [-0.2, -0.15) is 0 Å². The number of allylic oxidation sites excluding steroid dienone is 4. The van der Waals surface area contributed by atoms with Gasteiger partial charge in [0.1, 0.15) is 31.0 Å². The average molecular weight is 727 g/mol. The van der Waals surface area contributed by atoms with E-state index in [-0.39, 0.29) is 32.0 Å². The Hall–Kier alpha value is -1.82. The van der Waals surface area contributed by atoms with Crippen LogP contribution in [0.5, 0.6) is 0 Å². The molecule has 4 N–H and O–H groups in total. The van der Waals surface area contributed by atoms with Crippen molar-refractivity contribution in [2.24, 2.45) is 0 Å². The van der Waals surface area contributed by atoms with Crippen LogP contribution in [0.4, 0.5) is 0 Å². The SMILES string of the molecule is CCCC/C=C/CCCCCCCC(=O)OC[C@H](CO[C@@H]1O[C@H](CO)[C@H](O)C(O)C1O)OC(=O)CCCCCCC/C=C/CCCCCCCC. The second kappa shape index (κ2) is 32.8. The number of unbranched alkanes of at least 4 members (excludes halogenated alkanes) is 18. The fourth-order valence-electron chi connectivity index (χ4n) is 5.99. The lowest BCUT2D eigenvalue weighted by Crippen LogP contribution is -2.59. The van der Waals surface area contributed by atoms with Gasteiger partial charge in [-0.3, -0.25) is 9.59 Å². The zero-order valence-corrected chi connectivity index (χ0v) is 32.1. The van der Waals surface area contributed by atoms with Crippen molar-refractivity contribution in [3.8, 4) is 0 Å². The van der Waals surface area contributed by atoms with Crippen molar-refractivity contribution in [1.82, 2.24) is 0 Å². The minimum absolute atomic E-state index is 0.219. The molecule has 10 heteroatoms. The third-order valence-electron chi connectivity index (χ3n) is 9.31. The molecule has 1 heterocycles. The standard InChI is InChI=1S/C41H74O10/c1-3-5-7-9-11-13-15-16-17-18-20-22-24-26-28-30-37(44)50-34(33-49-41-40(47)39(46)38(45)35(31-42)51-41)32-48-36(43)29-27-25-23-21-19-14-12-10-8-6-4-2/h10,12,16-17,34-35,38-42,45-47H,3-9,11,13-15,18-33H2,1-2H3/b12-10+,17-16+/t34-,35-,38+,39?,40?,41-/m1/s1. The third kappa shape index (κ3) is 24.9. The summed E-state index contributed by atoms with van der Waals surface area (Å²) in [5.41, 5.74) is 0. The van der Waals surface area contributed by atoms with Gasteiger partial charge in [0.25, 0.3) is 0 Å². The van der Waals surface area contributed by atoms with E-state index in [0.717, 1.165) is 70.6 Å². The highest BCUT2D eigenvalue weighted by Gasteiger charge is 2.44. The van der Waals surface area contributed by atoms with E-state index in [9.17, 15) is 30.0 Å². The first-order chi connectivity index (χ1) is 24.8. The largest absolute Gasteiger partial charge is 0.462 e. The van der Waals surface area contributed by atoms with Crippen molar-refractivity contribution < 1.29 is 49.0 Å². The summed E-state index contributed by atoms with van der Waals surface area (Å²) >= 11 is 0. The highest BCUT2D eigenvalue weighted by Crippen LogP contribution is 2.22. The molecule has 0 bridgehead atoms. The first-order valence-electron chi connectivity index (χ1n) is 20.4. The first-order valence-corrected chi connectivity index (χ1v) is 20.4. The Labute approximate surface area is 309 Å². The van der Waals surface area contributed by atoms with Crippen molar-refractivity contribution in [2.45, 2.75) is 205 Å². The van der Waals surface area contributed by atoms with Gasteiger partial charge in [-0.15, -0.1) is 0 Å².